The van der Waals surface area contributed by atoms with Crippen LogP contribution in [-0.2, 0) is 0 Å². The summed E-state index contributed by atoms with van der Waals surface area (Å²) in [5.41, 5.74) is 0. The molecule has 0 bridgehead atoms. The van der Waals surface area contributed by atoms with Gasteiger partial charge in [-0.2, -0.15) is 12.6 Å². The van der Waals surface area contributed by atoms with Gasteiger partial charge in [0.25, 0.3) is 0 Å². The minimum absolute atomic E-state index is 0.466. The fourth-order valence-electron chi connectivity index (χ4n) is 2.52. The van der Waals surface area contributed by atoms with Crippen LogP contribution in [0.15, 0.2) is 12.1 Å². The fraction of sp³-hybridized carbons (Fsp3) is 0.714. The second-order valence-electron chi connectivity index (χ2n) is 4.94. The summed E-state index contributed by atoms with van der Waals surface area (Å²) in [6, 6.07) is 9.32. The highest BCUT2D eigenvalue weighted by Gasteiger charge is 2.30. The van der Waals surface area contributed by atoms with Gasteiger partial charge in [0.2, 0.25) is 0 Å². The molecule has 0 amide bonds. The molecule has 0 saturated carbocycles. The summed E-state index contributed by atoms with van der Waals surface area (Å²) in [6.45, 7) is 10.4. The Kier molecular flexibility index (Phi) is 6.99. The highest BCUT2D eigenvalue weighted by molar-refractivity contribution is 7.80. The highest BCUT2D eigenvalue weighted by Crippen LogP contribution is 2.26. The van der Waals surface area contributed by atoms with Crippen LogP contribution in [0.4, 0.5) is 0 Å². The molecule has 104 valence electrons. The summed E-state index contributed by atoms with van der Waals surface area (Å²) in [5, 5.41) is 3.52. The molecule has 1 unspecified atom stereocenters. The van der Waals surface area contributed by atoms with Crippen LogP contribution in [0.5, 0.6) is 0 Å². The Morgan fingerprint density at radius 1 is 1.22 bits per heavy atom. The van der Waals surface area contributed by atoms with Crippen LogP contribution >= 0.6 is 24.0 Å². The normalized spacial score (nSPS) is 13.8. The monoisotopic (exact) mass is 301 g/mol. The van der Waals surface area contributed by atoms with Crippen LogP contribution in [0, 0.1) is 0 Å². The Bertz CT molecular complexity index is 339. The van der Waals surface area contributed by atoms with Gasteiger partial charge in [-0.25, -0.2) is 0 Å². The van der Waals surface area contributed by atoms with E-state index in [0.29, 0.717) is 6.04 Å². The van der Waals surface area contributed by atoms with Crippen LogP contribution < -0.4 is 9.82 Å². The Hall–Kier alpha value is 0.227. The van der Waals surface area contributed by atoms with Crippen LogP contribution in [0.2, 0.25) is 18.1 Å². The highest BCUT2D eigenvalue weighted by atomic mass is 32.1. The average molecular weight is 302 g/mol. The van der Waals surface area contributed by atoms with Crippen molar-refractivity contribution in [1.82, 2.24) is 5.32 Å². The molecular formula is C14H27NS2Si. The molecule has 0 aliphatic rings. The first kappa shape index (κ1) is 16.3. The van der Waals surface area contributed by atoms with Crippen LogP contribution in [-0.4, -0.2) is 20.4 Å². The predicted molar refractivity (Wildman–Crippen MR) is 91.4 cm³/mol. The van der Waals surface area contributed by atoms with Crippen molar-refractivity contribution in [2.24, 2.45) is 0 Å². The molecule has 0 aliphatic heterocycles. The van der Waals surface area contributed by atoms with E-state index in [1.54, 1.807) is 4.50 Å². The van der Waals surface area contributed by atoms with Crippen molar-refractivity contribution in [3.8, 4) is 0 Å². The molecule has 1 atom stereocenters. The largest absolute Gasteiger partial charge is 0.309 e. The molecule has 0 aromatic carbocycles. The first-order chi connectivity index (χ1) is 8.63. The second kappa shape index (κ2) is 7.73. The molecule has 1 aromatic heterocycles. The van der Waals surface area contributed by atoms with Gasteiger partial charge in [-0.1, -0.05) is 45.0 Å². The standard InChI is InChI=1S/C14H27NS2Si/c1-5-18(6-2,7-3)14-9-8-13(17-14)12(4)15-10-11-16/h8-9,12,15-16H,5-7,10-11H2,1-4H3. The molecule has 1 nitrogen and oxygen atoms in total. The summed E-state index contributed by atoms with van der Waals surface area (Å²) in [6.07, 6.45) is 0. The first-order valence-corrected chi connectivity index (χ1v) is 11.1. The van der Waals surface area contributed by atoms with E-state index in [2.05, 4.69) is 57.8 Å². The summed E-state index contributed by atoms with van der Waals surface area (Å²) in [5.74, 6) is 0.903. The molecule has 1 rings (SSSR count). The summed E-state index contributed by atoms with van der Waals surface area (Å²) in [4.78, 5) is 1.49. The molecule has 1 heterocycles. The Balaban J connectivity index is 2.84. The van der Waals surface area contributed by atoms with Crippen molar-refractivity contribution in [3.63, 3.8) is 0 Å². The SMILES string of the molecule is CC[Si](CC)(CC)c1ccc(C(C)NCCS)s1. The maximum absolute atomic E-state index is 4.25. The van der Waals surface area contributed by atoms with E-state index in [1.165, 1.54) is 23.0 Å². The van der Waals surface area contributed by atoms with Gasteiger partial charge in [0.15, 0.2) is 0 Å². The van der Waals surface area contributed by atoms with Gasteiger partial charge in [-0.15, -0.1) is 11.3 Å². The quantitative estimate of drug-likeness (QED) is 0.545. The number of nitrogens with one attached hydrogen (secondary N) is 1. The molecule has 0 aliphatic carbocycles. The third-order valence-corrected chi connectivity index (χ3v) is 12.4. The van der Waals surface area contributed by atoms with Gasteiger partial charge in [0.1, 0.15) is 0 Å². The smallest absolute Gasteiger partial charge is 0.0987 e. The number of rotatable bonds is 8. The van der Waals surface area contributed by atoms with Gasteiger partial charge in [-0.05, 0) is 17.5 Å². The van der Waals surface area contributed by atoms with Crippen molar-refractivity contribution in [1.29, 1.82) is 0 Å². The van der Waals surface area contributed by atoms with Crippen molar-refractivity contribution in [3.05, 3.63) is 17.0 Å². The van der Waals surface area contributed by atoms with Crippen molar-refractivity contribution in [2.75, 3.05) is 12.3 Å². The van der Waals surface area contributed by atoms with Crippen LogP contribution in [0.25, 0.3) is 0 Å². The van der Waals surface area contributed by atoms with Gasteiger partial charge in [-0.3, -0.25) is 0 Å². The summed E-state index contributed by atoms with van der Waals surface area (Å²) in [7, 11) is -1.17. The Labute approximate surface area is 123 Å². The maximum Gasteiger partial charge on any atom is 0.0987 e. The second-order valence-corrected chi connectivity index (χ2v) is 12.1. The van der Waals surface area contributed by atoms with E-state index in [1.807, 2.05) is 11.3 Å². The topological polar surface area (TPSA) is 12.0 Å². The number of thiophene rings is 1. The van der Waals surface area contributed by atoms with E-state index in [0.717, 1.165) is 12.3 Å². The summed E-state index contributed by atoms with van der Waals surface area (Å²) < 4.78 is 1.70. The van der Waals surface area contributed by atoms with Gasteiger partial charge < -0.3 is 5.32 Å². The summed E-state index contributed by atoms with van der Waals surface area (Å²) >= 11 is 6.30. The molecule has 18 heavy (non-hydrogen) atoms. The lowest BCUT2D eigenvalue weighted by atomic mass is 10.3. The fourth-order valence-corrected chi connectivity index (χ4v) is 8.94. The zero-order valence-electron chi connectivity index (χ0n) is 12.1. The zero-order chi connectivity index (χ0) is 13.6. The van der Waals surface area contributed by atoms with E-state index in [4.69, 9.17) is 0 Å². The van der Waals surface area contributed by atoms with E-state index < -0.39 is 8.07 Å². The molecule has 1 aromatic rings. The van der Waals surface area contributed by atoms with Crippen molar-refractivity contribution in [2.45, 2.75) is 51.9 Å². The third kappa shape index (κ3) is 3.62. The van der Waals surface area contributed by atoms with Crippen molar-refractivity contribution >= 4 is 36.5 Å². The van der Waals surface area contributed by atoms with Crippen LogP contribution in [0.3, 0.4) is 0 Å². The Morgan fingerprint density at radius 2 is 1.83 bits per heavy atom. The number of hydrogen-bond donors (Lipinski definition) is 2. The molecule has 1 N–H and O–H groups in total. The molecule has 0 saturated heterocycles. The molecular weight excluding hydrogens is 274 g/mol. The average Bonchev–Trinajstić information content (AvgIpc) is 2.89. The van der Waals surface area contributed by atoms with Gasteiger partial charge >= 0.3 is 0 Å². The van der Waals surface area contributed by atoms with E-state index >= 15 is 0 Å². The number of thiol groups is 1. The molecule has 4 heteroatoms. The predicted octanol–water partition coefficient (Wildman–Crippen LogP) is 4.04. The lowest BCUT2D eigenvalue weighted by Crippen LogP contribution is -2.43. The maximum atomic E-state index is 4.25. The van der Waals surface area contributed by atoms with Crippen molar-refractivity contribution < 1.29 is 0 Å². The molecule has 0 fully saturated rings. The van der Waals surface area contributed by atoms with Gasteiger partial charge in [0.05, 0.1) is 8.07 Å². The minimum Gasteiger partial charge on any atom is -0.309 e. The van der Waals surface area contributed by atoms with E-state index in [-0.39, 0.29) is 0 Å². The molecule has 0 spiro atoms. The molecule has 0 radical (unpaired) electrons. The van der Waals surface area contributed by atoms with Crippen LogP contribution in [0.1, 0.15) is 38.6 Å². The Morgan fingerprint density at radius 3 is 2.33 bits per heavy atom. The third-order valence-electron chi connectivity index (χ3n) is 4.17. The lowest BCUT2D eigenvalue weighted by Gasteiger charge is -2.26. The minimum atomic E-state index is -1.17. The zero-order valence-corrected chi connectivity index (χ0v) is 14.8. The first-order valence-electron chi connectivity index (χ1n) is 7.08. The lowest BCUT2D eigenvalue weighted by molar-refractivity contribution is 0.611. The number of hydrogen-bond acceptors (Lipinski definition) is 3. The van der Waals surface area contributed by atoms with Gasteiger partial charge in [0, 0.05) is 23.2 Å². The van der Waals surface area contributed by atoms with E-state index in [9.17, 15) is 0 Å².